The summed E-state index contributed by atoms with van der Waals surface area (Å²) in [6, 6.07) is -3.66. The highest BCUT2D eigenvalue weighted by Gasteiger charge is 2.45. The van der Waals surface area contributed by atoms with E-state index in [-0.39, 0.29) is 32.1 Å². The van der Waals surface area contributed by atoms with Gasteiger partial charge in [0.05, 0.1) is 18.7 Å². The molecule has 12 nitrogen and oxygen atoms in total. The minimum absolute atomic E-state index is 0.0535. The zero-order chi connectivity index (χ0) is 21.1. The van der Waals surface area contributed by atoms with E-state index in [1.54, 1.807) is 0 Å². The molecule has 0 bridgehead atoms. The van der Waals surface area contributed by atoms with Gasteiger partial charge < -0.3 is 15.2 Å². The Morgan fingerprint density at radius 1 is 1.32 bits per heavy atom. The SMILES string of the molecule is CS(=O)(=O)N[C@H]1CCC(=O)N2CCC[C@@H](C(=O)N[C@H](C=O)CC(=O)O)N2C1=O. The van der Waals surface area contributed by atoms with Crippen LogP contribution in [0.2, 0.25) is 0 Å². The van der Waals surface area contributed by atoms with E-state index in [9.17, 15) is 32.4 Å². The van der Waals surface area contributed by atoms with Crippen molar-refractivity contribution in [2.45, 2.75) is 50.2 Å². The summed E-state index contributed by atoms with van der Waals surface area (Å²) in [7, 11) is -3.74. The molecule has 0 aromatic rings. The third kappa shape index (κ3) is 5.25. The summed E-state index contributed by atoms with van der Waals surface area (Å²) in [6.07, 6.45) is 0.967. The zero-order valence-electron chi connectivity index (χ0n) is 15.2. The Labute approximate surface area is 161 Å². The van der Waals surface area contributed by atoms with Crippen LogP contribution in [-0.2, 0) is 34.0 Å². The molecule has 0 unspecified atom stereocenters. The van der Waals surface area contributed by atoms with Gasteiger partial charge in [-0.1, -0.05) is 0 Å². The number of aldehydes is 1. The van der Waals surface area contributed by atoms with Gasteiger partial charge in [0.2, 0.25) is 21.8 Å². The maximum atomic E-state index is 12.9. The van der Waals surface area contributed by atoms with Crippen molar-refractivity contribution in [3.8, 4) is 0 Å². The van der Waals surface area contributed by atoms with Crippen LogP contribution in [0.1, 0.15) is 32.1 Å². The smallest absolute Gasteiger partial charge is 0.305 e. The summed E-state index contributed by atoms with van der Waals surface area (Å²) in [5.41, 5.74) is 0. The number of hydrazine groups is 1. The fourth-order valence-electron chi connectivity index (χ4n) is 3.24. The highest BCUT2D eigenvalue weighted by Crippen LogP contribution is 2.25. The van der Waals surface area contributed by atoms with Crippen molar-refractivity contribution >= 4 is 40.0 Å². The first kappa shape index (κ1) is 21.8. The highest BCUT2D eigenvalue weighted by atomic mass is 32.2. The second kappa shape index (κ2) is 8.65. The van der Waals surface area contributed by atoms with Gasteiger partial charge >= 0.3 is 5.97 Å². The number of hydrogen-bond donors (Lipinski definition) is 3. The monoisotopic (exact) mass is 418 g/mol. The third-order valence-corrected chi connectivity index (χ3v) is 5.12. The lowest BCUT2D eigenvalue weighted by atomic mass is 10.1. The molecule has 3 N–H and O–H groups in total. The van der Waals surface area contributed by atoms with Crippen molar-refractivity contribution in [3.63, 3.8) is 0 Å². The Balaban J connectivity index is 2.28. The minimum Gasteiger partial charge on any atom is -0.481 e. The second-order valence-electron chi connectivity index (χ2n) is 6.69. The summed E-state index contributed by atoms with van der Waals surface area (Å²) in [5.74, 6) is -3.26. The average Bonchev–Trinajstić information content (AvgIpc) is 2.71. The summed E-state index contributed by atoms with van der Waals surface area (Å²) < 4.78 is 25.3. The number of aliphatic carboxylic acids is 1. The van der Waals surface area contributed by atoms with Crippen LogP contribution in [0, 0.1) is 0 Å². The molecular weight excluding hydrogens is 396 g/mol. The molecule has 2 saturated heterocycles. The van der Waals surface area contributed by atoms with Crippen LogP contribution in [0.25, 0.3) is 0 Å². The number of carboxylic acid groups (broad SMARTS) is 1. The lowest BCUT2D eigenvalue weighted by molar-refractivity contribution is -0.176. The van der Waals surface area contributed by atoms with Gasteiger partial charge in [-0.25, -0.2) is 18.1 Å². The van der Waals surface area contributed by atoms with E-state index in [1.165, 1.54) is 0 Å². The maximum absolute atomic E-state index is 12.9. The Kier molecular flexibility index (Phi) is 6.72. The predicted molar refractivity (Wildman–Crippen MR) is 92.8 cm³/mol. The molecule has 0 spiro atoms. The molecule has 0 aromatic heterocycles. The molecular formula is C15H22N4O8S. The molecule has 3 atom stereocenters. The Hall–Kier alpha value is -2.54. The first-order valence-electron chi connectivity index (χ1n) is 8.61. The zero-order valence-corrected chi connectivity index (χ0v) is 16.0. The molecule has 156 valence electrons. The molecule has 13 heteroatoms. The van der Waals surface area contributed by atoms with Crippen LogP contribution in [-0.4, -0.2) is 84.4 Å². The standard InChI is InChI=1S/C15H22N4O8S/c1-28(26,27)17-10-4-5-12(21)18-6-2-3-11(19(18)15(10)25)14(24)16-9(8-20)7-13(22)23/h8-11,17H,2-7H2,1H3,(H,16,24)(H,22,23)/t9-,10-,11-/m0/s1. The van der Waals surface area contributed by atoms with Gasteiger partial charge in [-0.05, 0) is 19.3 Å². The predicted octanol–water partition coefficient (Wildman–Crippen LogP) is -2.41. The molecule has 3 amide bonds. The molecule has 2 rings (SSSR count). The lowest BCUT2D eigenvalue weighted by Crippen LogP contribution is -2.64. The fraction of sp³-hybridized carbons (Fsp3) is 0.667. The number of carbonyl (C=O) groups excluding carboxylic acids is 4. The van der Waals surface area contributed by atoms with Crippen molar-refractivity contribution in [1.29, 1.82) is 0 Å². The number of carbonyl (C=O) groups is 5. The summed E-state index contributed by atoms with van der Waals surface area (Å²) in [5, 5.41) is 13.1. The largest absolute Gasteiger partial charge is 0.481 e. The molecule has 0 aromatic carbocycles. The van der Waals surface area contributed by atoms with E-state index in [4.69, 9.17) is 5.11 Å². The van der Waals surface area contributed by atoms with Crippen LogP contribution in [0.15, 0.2) is 0 Å². The molecule has 0 aliphatic carbocycles. The van der Waals surface area contributed by atoms with E-state index in [1.807, 2.05) is 0 Å². The number of rotatable bonds is 7. The van der Waals surface area contributed by atoms with Crippen LogP contribution >= 0.6 is 0 Å². The van der Waals surface area contributed by atoms with Gasteiger partial charge in [0.1, 0.15) is 18.4 Å². The maximum Gasteiger partial charge on any atom is 0.305 e. The minimum atomic E-state index is -3.74. The number of hydrogen-bond acceptors (Lipinski definition) is 7. The first-order chi connectivity index (χ1) is 13.0. The molecule has 2 heterocycles. The second-order valence-corrected chi connectivity index (χ2v) is 8.47. The molecule has 0 saturated carbocycles. The average molecular weight is 418 g/mol. The van der Waals surface area contributed by atoms with Crippen molar-refractivity contribution in [3.05, 3.63) is 0 Å². The number of amides is 3. The third-order valence-electron chi connectivity index (χ3n) is 4.41. The molecule has 2 aliphatic rings. The van der Waals surface area contributed by atoms with Crippen LogP contribution in [0.5, 0.6) is 0 Å². The van der Waals surface area contributed by atoms with E-state index in [2.05, 4.69) is 10.0 Å². The van der Waals surface area contributed by atoms with E-state index < -0.39 is 58.3 Å². The van der Waals surface area contributed by atoms with Gasteiger partial charge in [-0.15, -0.1) is 0 Å². The van der Waals surface area contributed by atoms with Crippen LogP contribution in [0.3, 0.4) is 0 Å². The van der Waals surface area contributed by atoms with Gasteiger partial charge in [-0.3, -0.25) is 24.2 Å². The molecule has 2 aliphatic heterocycles. The fourth-order valence-corrected chi connectivity index (χ4v) is 3.98. The number of carboxylic acids is 1. The van der Waals surface area contributed by atoms with E-state index in [0.717, 1.165) is 16.3 Å². The van der Waals surface area contributed by atoms with Crippen molar-refractivity contribution in [1.82, 2.24) is 20.1 Å². The quantitative estimate of drug-likeness (QED) is 0.384. The highest BCUT2D eigenvalue weighted by molar-refractivity contribution is 7.88. The lowest BCUT2D eigenvalue weighted by Gasteiger charge is -2.43. The van der Waals surface area contributed by atoms with E-state index in [0.29, 0.717) is 6.42 Å². The van der Waals surface area contributed by atoms with Crippen LogP contribution in [0.4, 0.5) is 0 Å². The summed E-state index contributed by atoms with van der Waals surface area (Å²) in [6.45, 7) is 0.187. The van der Waals surface area contributed by atoms with Gasteiger partial charge in [0.15, 0.2) is 0 Å². The van der Waals surface area contributed by atoms with Crippen molar-refractivity contribution < 1.29 is 37.5 Å². The number of nitrogens with zero attached hydrogens (tertiary/aromatic N) is 2. The van der Waals surface area contributed by atoms with Gasteiger partial charge in [-0.2, -0.15) is 0 Å². The topological polar surface area (TPSA) is 170 Å². The van der Waals surface area contributed by atoms with Crippen molar-refractivity contribution in [2.75, 3.05) is 12.8 Å². The van der Waals surface area contributed by atoms with Gasteiger partial charge in [0.25, 0.3) is 5.91 Å². The number of nitrogens with one attached hydrogen (secondary N) is 2. The van der Waals surface area contributed by atoms with Crippen LogP contribution < -0.4 is 10.0 Å². The number of sulfonamides is 1. The van der Waals surface area contributed by atoms with Crippen molar-refractivity contribution in [2.24, 2.45) is 0 Å². The first-order valence-corrected chi connectivity index (χ1v) is 10.5. The number of fused-ring (bicyclic) bond motifs is 1. The Morgan fingerprint density at radius 2 is 2.00 bits per heavy atom. The Morgan fingerprint density at radius 3 is 2.57 bits per heavy atom. The Bertz CT molecular complexity index is 783. The summed E-state index contributed by atoms with van der Waals surface area (Å²) >= 11 is 0. The molecule has 28 heavy (non-hydrogen) atoms. The van der Waals surface area contributed by atoms with E-state index >= 15 is 0 Å². The van der Waals surface area contributed by atoms with Gasteiger partial charge in [0, 0.05) is 13.0 Å². The molecule has 2 fully saturated rings. The molecule has 0 radical (unpaired) electrons. The summed E-state index contributed by atoms with van der Waals surface area (Å²) in [4.78, 5) is 59.7. The normalized spacial score (nSPS) is 24.2.